The van der Waals surface area contributed by atoms with Crippen LogP contribution in [0.4, 0.5) is 4.39 Å². The first-order chi connectivity index (χ1) is 26.3. The molecule has 304 valence electrons. The lowest BCUT2D eigenvalue weighted by atomic mass is 9.70. The molecule has 1 amide bonds. The molecule has 0 bridgehead atoms. The molecule has 5 atom stereocenters. The lowest BCUT2D eigenvalue weighted by molar-refractivity contribution is -0.136. The van der Waals surface area contributed by atoms with Gasteiger partial charge in [-0.15, -0.1) is 0 Å². The Hall–Kier alpha value is -3.60. The quantitative estimate of drug-likeness (QED) is 0.182. The molecule has 0 fully saturated rings. The van der Waals surface area contributed by atoms with Gasteiger partial charge in [0.2, 0.25) is 10.0 Å². The van der Waals surface area contributed by atoms with Crippen LogP contribution < -0.4 is 9.46 Å². The van der Waals surface area contributed by atoms with Gasteiger partial charge in [0.05, 0.1) is 12.2 Å². The van der Waals surface area contributed by atoms with E-state index in [0.29, 0.717) is 35.4 Å². The van der Waals surface area contributed by atoms with Crippen molar-refractivity contribution in [1.82, 2.24) is 4.72 Å². The molecule has 12 heteroatoms. The predicted molar refractivity (Wildman–Crippen MR) is 220 cm³/mol. The maximum absolute atomic E-state index is 15.1. The second-order valence-corrected chi connectivity index (χ2v) is 17.8. The van der Waals surface area contributed by atoms with Crippen molar-refractivity contribution in [1.29, 1.82) is 0 Å². The molecule has 4 rings (SSSR count). The van der Waals surface area contributed by atoms with Crippen molar-refractivity contribution in [2.24, 2.45) is 17.8 Å². The molecule has 56 heavy (non-hydrogen) atoms. The Kier molecular flexibility index (Phi) is 15.1. The van der Waals surface area contributed by atoms with Crippen molar-refractivity contribution >= 4 is 56.5 Å². The molecule has 1 aliphatic rings. The number of ketones is 3. The lowest BCUT2D eigenvalue weighted by Gasteiger charge is -2.33. The lowest BCUT2D eigenvalue weighted by Crippen LogP contribution is -2.52. The summed E-state index contributed by atoms with van der Waals surface area (Å²) < 4.78 is 48.0. The highest BCUT2D eigenvalue weighted by Gasteiger charge is 2.44. The van der Waals surface area contributed by atoms with Crippen molar-refractivity contribution in [3.8, 4) is 5.75 Å². The highest BCUT2D eigenvalue weighted by atomic mass is 35.5. The normalized spacial score (nSPS) is 21.0. The summed E-state index contributed by atoms with van der Waals surface area (Å²) in [6, 6.07) is 14.5. The van der Waals surface area contributed by atoms with E-state index in [1.807, 2.05) is 45.4 Å². The van der Waals surface area contributed by atoms with E-state index in [2.05, 4.69) is 0 Å². The molecule has 1 N–H and O–H groups in total. The fraction of sp³-hybridized carbons (Fsp3) is 0.500. The number of fused-ring (bicyclic) bond motifs is 1. The van der Waals surface area contributed by atoms with Crippen LogP contribution in [0.25, 0.3) is 0 Å². The van der Waals surface area contributed by atoms with Crippen molar-refractivity contribution in [3.05, 3.63) is 98.3 Å². The Morgan fingerprint density at radius 2 is 1.46 bits per heavy atom. The minimum atomic E-state index is -3.95. The Bertz CT molecular complexity index is 2060. The zero-order chi connectivity index (χ0) is 41.7. The Morgan fingerprint density at radius 3 is 2.04 bits per heavy atom. The molecule has 0 saturated heterocycles. The number of sulfonamides is 1. The molecule has 0 heterocycles. The Balaban J connectivity index is 2.04. The van der Waals surface area contributed by atoms with Crippen molar-refractivity contribution in [3.63, 3.8) is 0 Å². The summed E-state index contributed by atoms with van der Waals surface area (Å²) >= 11 is 13.3. The first-order valence-electron chi connectivity index (χ1n) is 19.5. The number of carbonyl (C=O) groups is 4. The van der Waals surface area contributed by atoms with E-state index in [-0.39, 0.29) is 65.3 Å². The van der Waals surface area contributed by atoms with Gasteiger partial charge in [0, 0.05) is 52.1 Å². The Labute approximate surface area is 341 Å². The smallest absolute Gasteiger partial charge is 0.277 e. The molecular weight excluding hydrogens is 776 g/mol. The van der Waals surface area contributed by atoms with E-state index < -0.39 is 56.9 Å². The average Bonchev–Trinajstić information content (AvgIpc) is 3.15. The minimum absolute atomic E-state index is 0.0708. The van der Waals surface area contributed by atoms with E-state index in [9.17, 15) is 22.8 Å². The van der Waals surface area contributed by atoms with Gasteiger partial charge in [-0.25, -0.2) is 17.5 Å². The summed E-state index contributed by atoms with van der Waals surface area (Å²) in [5, 5.41) is 0.662. The fourth-order valence-electron chi connectivity index (χ4n) is 8.38. The summed E-state index contributed by atoms with van der Waals surface area (Å²) in [6.07, 6.45) is 1.97. The van der Waals surface area contributed by atoms with Crippen LogP contribution in [0.1, 0.15) is 132 Å². The van der Waals surface area contributed by atoms with Gasteiger partial charge in [-0.3, -0.25) is 19.2 Å². The average molecular weight is 831 g/mol. The summed E-state index contributed by atoms with van der Waals surface area (Å²) in [5.74, 6) is -6.24. The third kappa shape index (κ3) is 9.91. The predicted octanol–water partition coefficient (Wildman–Crippen LogP) is 10.1. The van der Waals surface area contributed by atoms with Crippen molar-refractivity contribution < 1.29 is 36.7 Å². The van der Waals surface area contributed by atoms with Gasteiger partial charge in [0.15, 0.2) is 5.60 Å². The molecule has 1 aliphatic carbocycles. The van der Waals surface area contributed by atoms with E-state index in [0.717, 1.165) is 17.4 Å². The van der Waals surface area contributed by atoms with Crippen molar-refractivity contribution in [2.45, 2.75) is 117 Å². The van der Waals surface area contributed by atoms with Crippen LogP contribution in [-0.4, -0.2) is 43.5 Å². The van der Waals surface area contributed by atoms with Crippen LogP contribution in [0.15, 0.2) is 54.6 Å². The molecule has 0 spiro atoms. The number of carbonyl (C=O) groups excluding carboxylic acids is 4. The number of Topliss-reactive ketones (excluding diaryl/α,β-unsaturated/α-hetero) is 3. The number of benzene rings is 3. The molecular formula is C44H54Cl2FNO7S. The third-order valence-corrected chi connectivity index (χ3v) is 12.8. The number of rotatable bonds is 13. The molecule has 0 radical (unpaired) electrons. The van der Waals surface area contributed by atoms with Gasteiger partial charge in [-0.2, -0.15) is 0 Å². The third-order valence-electron chi connectivity index (χ3n) is 11.8. The second-order valence-electron chi connectivity index (χ2n) is 15.2. The summed E-state index contributed by atoms with van der Waals surface area (Å²) in [4.78, 5) is 58.1. The largest absolute Gasteiger partial charge is 0.477 e. The molecule has 8 nitrogen and oxygen atoms in total. The van der Waals surface area contributed by atoms with Crippen LogP contribution in [-0.2, 0) is 29.2 Å². The number of halogens is 3. The zero-order valence-corrected chi connectivity index (χ0v) is 35.8. The van der Waals surface area contributed by atoms with Crippen LogP contribution in [0.2, 0.25) is 10.0 Å². The van der Waals surface area contributed by atoms with Crippen LogP contribution >= 0.6 is 23.2 Å². The highest BCUT2D eigenvalue weighted by Crippen LogP contribution is 2.47. The number of amides is 1. The minimum Gasteiger partial charge on any atom is -0.477 e. The maximum Gasteiger partial charge on any atom is 0.277 e. The van der Waals surface area contributed by atoms with Gasteiger partial charge in [-0.05, 0) is 110 Å². The molecule has 0 saturated carbocycles. The van der Waals surface area contributed by atoms with Gasteiger partial charge in [0.25, 0.3) is 5.91 Å². The first kappa shape index (κ1) is 45.1. The SMILES string of the molecule is CCC(CC)C(=O)C1CC(=O)C(c2cc(Cl)ccc2OC(CC)(CC)C(=O)NS(C)(=O)=O)CC(=O)C(CC)C(c2cc(F)ccc2C)c2ccc(Cl)cc2C1C. The summed E-state index contributed by atoms with van der Waals surface area (Å²) in [6.45, 7) is 12.9. The molecule has 0 aliphatic heterocycles. The van der Waals surface area contributed by atoms with E-state index >= 15 is 9.18 Å². The van der Waals surface area contributed by atoms with Crippen molar-refractivity contribution in [2.75, 3.05) is 6.26 Å². The summed E-state index contributed by atoms with van der Waals surface area (Å²) in [5.41, 5.74) is 1.42. The zero-order valence-electron chi connectivity index (χ0n) is 33.5. The number of ether oxygens (including phenoxy) is 1. The maximum atomic E-state index is 15.1. The monoisotopic (exact) mass is 829 g/mol. The molecule has 3 aromatic rings. The fourth-order valence-corrected chi connectivity index (χ4v) is 9.27. The van der Waals surface area contributed by atoms with Crippen LogP contribution in [0.5, 0.6) is 5.75 Å². The highest BCUT2D eigenvalue weighted by molar-refractivity contribution is 7.89. The topological polar surface area (TPSA) is 124 Å². The second kappa shape index (κ2) is 18.8. The van der Waals surface area contributed by atoms with Gasteiger partial charge in [0.1, 0.15) is 28.9 Å². The molecule has 5 unspecified atom stereocenters. The number of aryl methyl sites for hydroxylation is 1. The van der Waals surface area contributed by atoms with Gasteiger partial charge < -0.3 is 4.74 Å². The van der Waals surface area contributed by atoms with Gasteiger partial charge >= 0.3 is 0 Å². The van der Waals surface area contributed by atoms with Crippen LogP contribution in [0, 0.1) is 30.5 Å². The van der Waals surface area contributed by atoms with E-state index in [4.69, 9.17) is 27.9 Å². The number of hydrogen-bond donors (Lipinski definition) is 1. The molecule has 3 aromatic carbocycles. The van der Waals surface area contributed by atoms with E-state index in [1.165, 1.54) is 30.3 Å². The number of hydrogen-bond acceptors (Lipinski definition) is 7. The Morgan fingerprint density at radius 1 is 0.857 bits per heavy atom. The van der Waals surface area contributed by atoms with E-state index in [1.54, 1.807) is 32.0 Å². The first-order valence-corrected chi connectivity index (χ1v) is 22.1. The van der Waals surface area contributed by atoms with Crippen LogP contribution in [0.3, 0.4) is 0 Å². The summed E-state index contributed by atoms with van der Waals surface area (Å²) in [7, 11) is -3.95. The van der Waals surface area contributed by atoms with Gasteiger partial charge in [-0.1, -0.05) is 76.9 Å². The standard InChI is InChI=1S/C44H54Cl2FNO7S/c1-9-27(10-2)42(51)35-23-39(50)36(37-21-29(46)16-19-40(37)55-44(12-4,13-5)43(52)48-56(8,53)54)24-38(49)31(11-3)41(33-22-30(47)17-14-25(33)6)32-18-15-28(45)20-34(32)26(35)7/h14-22,26-27,31,35-36,41H,9-13,23-24H2,1-8H3,(H,48,52). The number of nitrogens with one attached hydrogen (secondary N) is 1. The molecule has 0 aromatic heterocycles.